The van der Waals surface area contributed by atoms with Crippen molar-refractivity contribution < 1.29 is 5.11 Å². The van der Waals surface area contributed by atoms with Gasteiger partial charge in [0.1, 0.15) is 5.75 Å². The van der Waals surface area contributed by atoms with E-state index in [0.717, 1.165) is 19.8 Å². The van der Waals surface area contributed by atoms with E-state index in [2.05, 4.69) is 26.2 Å². The molecule has 2 aromatic rings. The van der Waals surface area contributed by atoms with E-state index in [1.165, 1.54) is 32.1 Å². The first kappa shape index (κ1) is 12.2. The van der Waals surface area contributed by atoms with Gasteiger partial charge in [0.05, 0.1) is 14.7 Å². The highest BCUT2D eigenvalue weighted by molar-refractivity contribution is 9.10. The number of hydrogen-bond acceptors (Lipinski definition) is 4. The Morgan fingerprint density at radius 2 is 2.06 bits per heavy atom. The molecule has 5 heteroatoms. The molecule has 0 spiro atoms. The first-order valence-corrected chi connectivity index (χ1v) is 7.89. The van der Waals surface area contributed by atoms with Crippen LogP contribution >= 0.6 is 27.3 Å². The first-order valence-electron chi connectivity index (χ1n) is 6.28. The van der Waals surface area contributed by atoms with E-state index in [4.69, 9.17) is 0 Å². The second-order valence-electron chi connectivity index (χ2n) is 4.75. The van der Waals surface area contributed by atoms with Gasteiger partial charge in [0.2, 0.25) is 0 Å². The number of nitrogens with zero attached hydrogens (tertiary/aromatic N) is 1. The molecule has 0 aliphatic heterocycles. The van der Waals surface area contributed by atoms with Crippen LogP contribution in [0.5, 0.6) is 5.75 Å². The summed E-state index contributed by atoms with van der Waals surface area (Å²) in [6, 6.07) is 4.10. The first-order chi connectivity index (χ1) is 8.74. The molecule has 0 atom stereocenters. The zero-order valence-electron chi connectivity index (χ0n) is 9.95. The van der Waals surface area contributed by atoms with Crippen molar-refractivity contribution >= 4 is 42.6 Å². The second kappa shape index (κ2) is 5.05. The SMILES string of the molecule is Oc1ccc2nc(NC3CCCCC3)sc2c1Br. The Labute approximate surface area is 118 Å². The minimum absolute atomic E-state index is 0.273. The Morgan fingerprint density at radius 3 is 2.83 bits per heavy atom. The van der Waals surface area contributed by atoms with Crippen molar-refractivity contribution in [3.8, 4) is 5.75 Å². The lowest BCUT2D eigenvalue weighted by Gasteiger charge is -2.22. The molecule has 1 heterocycles. The standard InChI is InChI=1S/C13H15BrN2OS/c14-11-10(17)7-6-9-12(11)18-13(16-9)15-8-4-2-1-3-5-8/h6-8,17H,1-5H2,(H,15,16). The molecule has 0 bridgehead atoms. The summed E-state index contributed by atoms with van der Waals surface area (Å²) in [5.74, 6) is 0.273. The average molecular weight is 327 g/mol. The third-order valence-electron chi connectivity index (χ3n) is 3.41. The number of aromatic nitrogens is 1. The summed E-state index contributed by atoms with van der Waals surface area (Å²) in [5, 5.41) is 14.1. The number of thiazole rings is 1. The maximum absolute atomic E-state index is 9.66. The number of benzene rings is 1. The van der Waals surface area contributed by atoms with Crippen molar-refractivity contribution in [1.29, 1.82) is 0 Å². The van der Waals surface area contributed by atoms with E-state index >= 15 is 0 Å². The number of rotatable bonds is 2. The number of phenols is 1. The largest absolute Gasteiger partial charge is 0.507 e. The molecule has 2 N–H and O–H groups in total. The molecular weight excluding hydrogens is 312 g/mol. The number of phenolic OH excluding ortho intramolecular Hbond substituents is 1. The highest BCUT2D eigenvalue weighted by Gasteiger charge is 2.16. The lowest BCUT2D eigenvalue weighted by Crippen LogP contribution is -2.21. The monoisotopic (exact) mass is 326 g/mol. The van der Waals surface area contributed by atoms with Gasteiger partial charge < -0.3 is 10.4 Å². The van der Waals surface area contributed by atoms with Crippen LogP contribution in [0.3, 0.4) is 0 Å². The molecule has 1 saturated carbocycles. The van der Waals surface area contributed by atoms with Crippen molar-refractivity contribution in [1.82, 2.24) is 4.98 Å². The summed E-state index contributed by atoms with van der Waals surface area (Å²) in [7, 11) is 0. The Bertz CT molecular complexity index is 563. The number of anilines is 1. The lowest BCUT2D eigenvalue weighted by atomic mass is 9.96. The predicted molar refractivity (Wildman–Crippen MR) is 79.5 cm³/mol. The van der Waals surface area contributed by atoms with Gasteiger partial charge in [-0.2, -0.15) is 0 Å². The van der Waals surface area contributed by atoms with Crippen LogP contribution in [0.25, 0.3) is 10.2 Å². The van der Waals surface area contributed by atoms with Gasteiger partial charge in [-0.15, -0.1) is 0 Å². The van der Waals surface area contributed by atoms with Gasteiger partial charge in [-0.05, 0) is 40.9 Å². The van der Waals surface area contributed by atoms with Crippen LogP contribution in [0.1, 0.15) is 32.1 Å². The quantitative estimate of drug-likeness (QED) is 0.853. The van der Waals surface area contributed by atoms with Crippen LogP contribution in [-0.2, 0) is 0 Å². The molecule has 1 aliphatic rings. The van der Waals surface area contributed by atoms with Crippen molar-refractivity contribution in [3.63, 3.8) is 0 Å². The van der Waals surface area contributed by atoms with Crippen LogP contribution in [0, 0.1) is 0 Å². The number of aromatic hydroxyl groups is 1. The molecule has 0 unspecified atom stereocenters. The topological polar surface area (TPSA) is 45.2 Å². The zero-order chi connectivity index (χ0) is 12.5. The van der Waals surface area contributed by atoms with E-state index in [1.807, 2.05) is 6.07 Å². The van der Waals surface area contributed by atoms with E-state index < -0.39 is 0 Å². The smallest absolute Gasteiger partial charge is 0.184 e. The van der Waals surface area contributed by atoms with Crippen molar-refractivity contribution in [2.75, 3.05) is 5.32 Å². The maximum Gasteiger partial charge on any atom is 0.184 e. The highest BCUT2D eigenvalue weighted by atomic mass is 79.9. The molecule has 1 aliphatic carbocycles. The summed E-state index contributed by atoms with van der Waals surface area (Å²) < 4.78 is 1.75. The van der Waals surface area contributed by atoms with Gasteiger partial charge in [-0.1, -0.05) is 30.6 Å². The summed E-state index contributed by atoms with van der Waals surface area (Å²) >= 11 is 5.01. The fraction of sp³-hybridized carbons (Fsp3) is 0.462. The minimum Gasteiger partial charge on any atom is -0.507 e. The zero-order valence-corrected chi connectivity index (χ0v) is 12.4. The molecule has 1 aromatic carbocycles. The van der Waals surface area contributed by atoms with Gasteiger partial charge in [0.25, 0.3) is 0 Å². The molecule has 3 nitrogen and oxygen atoms in total. The summed E-state index contributed by atoms with van der Waals surface area (Å²) in [6.07, 6.45) is 6.46. The third-order valence-corrected chi connectivity index (χ3v) is 5.49. The number of hydrogen-bond donors (Lipinski definition) is 2. The van der Waals surface area contributed by atoms with Crippen LogP contribution < -0.4 is 5.32 Å². The van der Waals surface area contributed by atoms with Gasteiger partial charge in [-0.3, -0.25) is 0 Å². The number of fused-ring (bicyclic) bond motifs is 1. The van der Waals surface area contributed by atoms with E-state index in [9.17, 15) is 5.11 Å². The van der Waals surface area contributed by atoms with Crippen LogP contribution in [0.2, 0.25) is 0 Å². The summed E-state index contributed by atoms with van der Waals surface area (Å²) in [5.41, 5.74) is 0.933. The lowest BCUT2D eigenvalue weighted by molar-refractivity contribution is 0.462. The van der Waals surface area contributed by atoms with E-state index in [0.29, 0.717) is 6.04 Å². The van der Waals surface area contributed by atoms with E-state index in [1.54, 1.807) is 17.4 Å². The number of nitrogens with one attached hydrogen (secondary N) is 1. The second-order valence-corrected chi connectivity index (χ2v) is 6.54. The van der Waals surface area contributed by atoms with Crippen LogP contribution in [-0.4, -0.2) is 16.1 Å². The Hall–Kier alpha value is -0.810. The maximum atomic E-state index is 9.66. The molecular formula is C13H15BrN2OS. The van der Waals surface area contributed by atoms with Gasteiger partial charge >= 0.3 is 0 Å². The number of halogens is 1. The molecule has 1 aromatic heterocycles. The Balaban J connectivity index is 1.86. The normalized spacial score (nSPS) is 17.2. The molecule has 96 valence electrons. The third kappa shape index (κ3) is 2.34. The van der Waals surface area contributed by atoms with E-state index in [-0.39, 0.29) is 5.75 Å². The summed E-state index contributed by atoms with van der Waals surface area (Å²) in [6.45, 7) is 0. The highest BCUT2D eigenvalue weighted by Crippen LogP contribution is 2.38. The van der Waals surface area contributed by atoms with Crippen LogP contribution in [0.4, 0.5) is 5.13 Å². The molecule has 0 radical (unpaired) electrons. The van der Waals surface area contributed by atoms with Gasteiger partial charge in [0, 0.05) is 6.04 Å². The Morgan fingerprint density at radius 1 is 1.28 bits per heavy atom. The van der Waals surface area contributed by atoms with Gasteiger partial charge in [-0.25, -0.2) is 4.98 Å². The molecule has 0 amide bonds. The fourth-order valence-corrected chi connectivity index (χ4v) is 3.99. The molecule has 0 saturated heterocycles. The Kier molecular flexibility index (Phi) is 3.43. The fourth-order valence-electron chi connectivity index (χ4n) is 2.43. The van der Waals surface area contributed by atoms with Crippen molar-refractivity contribution in [2.45, 2.75) is 38.1 Å². The predicted octanol–water partition coefficient (Wildman–Crippen LogP) is 4.51. The minimum atomic E-state index is 0.273. The molecule has 1 fully saturated rings. The average Bonchev–Trinajstić information content (AvgIpc) is 2.79. The molecule has 18 heavy (non-hydrogen) atoms. The van der Waals surface area contributed by atoms with Crippen molar-refractivity contribution in [2.24, 2.45) is 0 Å². The van der Waals surface area contributed by atoms with Gasteiger partial charge in [0.15, 0.2) is 5.13 Å². The van der Waals surface area contributed by atoms with Crippen molar-refractivity contribution in [3.05, 3.63) is 16.6 Å². The summed E-state index contributed by atoms with van der Waals surface area (Å²) in [4.78, 5) is 4.58. The molecule has 3 rings (SSSR count). The van der Waals surface area contributed by atoms with Crippen LogP contribution in [0.15, 0.2) is 16.6 Å².